The number of primary amides is 1. The third-order valence-electron chi connectivity index (χ3n) is 9.13. The van der Waals surface area contributed by atoms with Crippen molar-refractivity contribution in [2.75, 3.05) is 13.1 Å². The minimum Gasteiger partial charge on any atom is -0.368 e. The third kappa shape index (κ3) is 8.16. The predicted octanol–water partition coefficient (Wildman–Crippen LogP) is 2.43. The van der Waals surface area contributed by atoms with Crippen LogP contribution >= 0.6 is 11.3 Å². The van der Waals surface area contributed by atoms with Crippen molar-refractivity contribution in [3.63, 3.8) is 0 Å². The van der Waals surface area contributed by atoms with Crippen LogP contribution in [0.25, 0.3) is 21.0 Å². The maximum atomic E-state index is 14.2. The first kappa shape index (κ1) is 33.8. The molecule has 0 bridgehead atoms. The van der Waals surface area contributed by atoms with Crippen molar-refractivity contribution in [2.24, 2.45) is 11.5 Å². The molecule has 3 atom stereocenters. The molecule has 3 heterocycles. The largest absolute Gasteiger partial charge is 0.368 e. The summed E-state index contributed by atoms with van der Waals surface area (Å²) in [4.78, 5) is 58.5. The minimum absolute atomic E-state index is 0.119. The number of rotatable bonds is 13. The Kier molecular flexibility index (Phi) is 10.4. The van der Waals surface area contributed by atoms with Crippen LogP contribution in [0.5, 0.6) is 0 Å². The molecule has 0 unspecified atom stereocenters. The molecule has 0 radical (unpaired) electrons. The Balaban J connectivity index is 1.28. The molecule has 9 N–H and O–H groups in total. The Morgan fingerprint density at radius 3 is 2.16 bits per heavy atom. The molecule has 49 heavy (non-hydrogen) atoms. The highest BCUT2D eigenvalue weighted by Gasteiger charge is 2.38. The van der Waals surface area contributed by atoms with Gasteiger partial charge in [0.2, 0.25) is 23.6 Å². The minimum atomic E-state index is -1.13. The molecule has 3 aromatic carbocycles. The van der Waals surface area contributed by atoms with Gasteiger partial charge in [-0.25, -0.2) is 0 Å². The van der Waals surface area contributed by atoms with E-state index in [1.54, 1.807) is 17.5 Å². The van der Waals surface area contributed by atoms with Crippen LogP contribution in [0.2, 0.25) is 0 Å². The van der Waals surface area contributed by atoms with E-state index >= 15 is 0 Å². The fourth-order valence-electron chi connectivity index (χ4n) is 6.30. The number of amides is 4. The molecule has 4 amide bonds. The Hall–Kier alpha value is -5.04. The SMILES string of the molecule is NC(=O)[C@H](Cc1ccccc1)NC(=O)[C@@H](Cc1c[nH]c2ccccc12)NC(=O)[C@@H](Cc1cc2ccccc2s1)NC(=O)C1(N)CCNCC1. The molecule has 6 rings (SSSR count). The van der Waals surface area contributed by atoms with Gasteiger partial charge in [-0.15, -0.1) is 11.3 Å². The van der Waals surface area contributed by atoms with Crippen LogP contribution in [-0.4, -0.2) is 65.4 Å². The molecular weight excluding hydrogens is 639 g/mol. The number of benzene rings is 3. The van der Waals surface area contributed by atoms with Gasteiger partial charge in [0.15, 0.2) is 0 Å². The Labute approximate surface area is 288 Å². The number of carbonyl (C=O) groups is 4. The number of thiophene rings is 1. The van der Waals surface area contributed by atoms with Crippen LogP contribution in [0.1, 0.15) is 28.8 Å². The highest BCUT2D eigenvalue weighted by molar-refractivity contribution is 7.19. The molecule has 254 valence electrons. The summed E-state index contributed by atoms with van der Waals surface area (Å²) >= 11 is 1.54. The smallest absolute Gasteiger partial charge is 0.243 e. The number of aromatic nitrogens is 1. The van der Waals surface area contributed by atoms with Gasteiger partial charge in [0.05, 0.1) is 5.54 Å². The number of para-hydroxylation sites is 1. The van der Waals surface area contributed by atoms with Gasteiger partial charge in [0, 0.05) is 45.9 Å². The van der Waals surface area contributed by atoms with Crippen molar-refractivity contribution in [1.82, 2.24) is 26.3 Å². The van der Waals surface area contributed by atoms with E-state index in [0.29, 0.717) is 25.9 Å². The van der Waals surface area contributed by atoms with Gasteiger partial charge >= 0.3 is 0 Å². The second-order valence-electron chi connectivity index (χ2n) is 12.7. The first-order valence-corrected chi connectivity index (χ1v) is 17.3. The molecule has 1 fully saturated rings. The van der Waals surface area contributed by atoms with Crippen LogP contribution in [0.4, 0.5) is 0 Å². The van der Waals surface area contributed by atoms with Crippen molar-refractivity contribution in [3.8, 4) is 0 Å². The zero-order valence-corrected chi connectivity index (χ0v) is 27.9. The van der Waals surface area contributed by atoms with E-state index in [4.69, 9.17) is 11.5 Å². The van der Waals surface area contributed by atoms with Crippen LogP contribution in [0.15, 0.2) is 91.1 Å². The molecule has 5 aromatic rings. The third-order valence-corrected chi connectivity index (χ3v) is 10.3. The van der Waals surface area contributed by atoms with E-state index in [1.807, 2.05) is 84.9 Å². The predicted molar refractivity (Wildman–Crippen MR) is 192 cm³/mol. The summed E-state index contributed by atoms with van der Waals surface area (Å²) in [6.45, 7) is 1.18. The first-order chi connectivity index (χ1) is 23.7. The number of nitrogens with one attached hydrogen (secondary N) is 5. The summed E-state index contributed by atoms with van der Waals surface area (Å²) < 4.78 is 1.06. The summed E-state index contributed by atoms with van der Waals surface area (Å²) in [5.74, 6) is -2.22. The standard InChI is InChI=1S/C37H41N7O4S/c38-33(45)29(18-23-8-2-1-3-9-23)42-34(46)30(20-25-22-41-28-12-6-5-11-27(25)28)43-35(47)31(44-36(48)37(39)14-16-40-17-15-37)21-26-19-24-10-4-7-13-32(24)49-26/h1-13,19,22,29-31,40-41H,14-18,20-21,39H2,(H2,38,45)(H,42,46)(H,43,47)(H,44,48)/t29-,30+,31+/m0/s1. The van der Waals surface area contributed by atoms with Crippen LogP contribution < -0.4 is 32.7 Å². The highest BCUT2D eigenvalue weighted by atomic mass is 32.1. The van der Waals surface area contributed by atoms with Crippen molar-refractivity contribution >= 4 is 56.0 Å². The van der Waals surface area contributed by atoms with E-state index < -0.39 is 47.3 Å². The Morgan fingerprint density at radius 2 is 1.43 bits per heavy atom. The van der Waals surface area contributed by atoms with E-state index in [-0.39, 0.29) is 19.3 Å². The number of hydrogen-bond acceptors (Lipinski definition) is 7. The van der Waals surface area contributed by atoms with Gasteiger partial charge in [0.1, 0.15) is 18.1 Å². The van der Waals surface area contributed by atoms with Crippen molar-refractivity contribution < 1.29 is 19.2 Å². The van der Waals surface area contributed by atoms with Crippen LogP contribution in [0.3, 0.4) is 0 Å². The number of fused-ring (bicyclic) bond motifs is 2. The van der Waals surface area contributed by atoms with Gasteiger partial charge in [-0.3, -0.25) is 19.2 Å². The Bertz CT molecular complexity index is 1920. The highest BCUT2D eigenvalue weighted by Crippen LogP contribution is 2.27. The zero-order valence-electron chi connectivity index (χ0n) is 27.0. The Morgan fingerprint density at radius 1 is 0.776 bits per heavy atom. The maximum absolute atomic E-state index is 14.2. The molecule has 1 saturated heterocycles. The summed E-state index contributed by atoms with van der Waals surface area (Å²) in [7, 11) is 0. The molecule has 1 aliphatic rings. The second kappa shape index (κ2) is 15.0. The van der Waals surface area contributed by atoms with E-state index in [0.717, 1.165) is 37.0 Å². The quantitative estimate of drug-likeness (QED) is 0.100. The van der Waals surface area contributed by atoms with E-state index in [1.165, 1.54) is 0 Å². The zero-order chi connectivity index (χ0) is 34.4. The topological polar surface area (TPSA) is 184 Å². The van der Waals surface area contributed by atoms with Crippen molar-refractivity contribution in [1.29, 1.82) is 0 Å². The molecule has 12 heteroatoms. The lowest BCUT2D eigenvalue weighted by molar-refractivity contribution is -0.134. The summed E-state index contributed by atoms with van der Waals surface area (Å²) in [6, 6.07) is 23.7. The average Bonchev–Trinajstić information content (AvgIpc) is 3.71. The lowest BCUT2D eigenvalue weighted by atomic mass is 9.88. The molecule has 1 aliphatic heterocycles. The van der Waals surface area contributed by atoms with Gasteiger partial charge in [0.25, 0.3) is 0 Å². The first-order valence-electron chi connectivity index (χ1n) is 16.5. The van der Waals surface area contributed by atoms with Crippen LogP contribution in [-0.2, 0) is 38.4 Å². The van der Waals surface area contributed by atoms with Crippen LogP contribution in [0, 0.1) is 0 Å². The van der Waals surface area contributed by atoms with E-state index in [9.17, 15) is 19.2 Å². The molecular formula is C37H41N7O4S. The van der Waals surface area contributed by atoms with E-state index in [2.05, 4.69) is 26.3 Å². The van der Waals surface area contributed by atoms with Gasteiger partial charge in [-0.1, -0.05) is 66.7 Å². The van der Waals surface area contributed by atoms with Gasteiger partial charge in [-0.05, 0) is 60.6 Å². The summed E-state index contributed by atoms with van der Waals surface area (Å²) in [5.41, 5.74) is 13.7. The lowest BCUT2D eigenvalue weighted by Gasteiger charge is -2.34. The number of piperidine rings is 1. The fraction of sp³-hybridized carbons (Fsp3) is 0.297. The summed E-state index contributed by atoms with van der Waals surface area (Å²) in [6.07, 6.45) is 3.17. The molecule has 11 nitrogen and oxygen atoms in total. The number of aromatic amines is 1. The summed E-state index contributed by atoms with van der Waals surface area (Å²) in [5, 5.41) is 13.8. The second-order valence-corrected chi connectivity index (χ2v) is 13.8. The van der Waals surface area contributed by atoms with Gasteiger partial charge in [-0.2, -0.15) is 0 Å². The molecule has 0 spiro atoms. The lowest BCUT2D eigenvalue weighted by Crippen LogP contribution is -2.63. The molecule has 0 aliphatic carbocycles. The molecule has 0 saturated carbocycles. The maximum Gasteiger partial charge on any atom is 0.243 e. The van der Waals surface area contributed by atoms with Crippen molar-refractivity contribution in [2.45, 2.75) is 55.8 Å². The van der Waals surface area contributed by atoms with Gasteiger partial charge < -0.3 is 37.7 Å². The fourth-order valence-corrected chi connectivity index (χ4v) is 7.41. The number of carbonyl (C=O) groups excluding carboxylic acids is 4. The number of nitrogens with two attached hydrogens (primary N) is 2. The van der Waals surface area contributed by atoms with Crippen molar-refractivity contribution in [3.05, 3.63) is 107 Å². The normalized spacial score (nSPS) is 16.0. The number of hydrogen-bond donors (Lipinski definition) is 7. The monoisotopic (exact) mass is 679 g/mol. The average molecular weight is 680 g/mol. The molecule has 2 aromatic heterocycles. The number of H-pyrrole nitrogens is 1.